The molecule has 0 aromatic heterocycles. The van der Waals surface area contributed by atoms with Crippen molar-refractivity contribution in [1.82, 2.24) is 9.80 Å². The van der Waals surface area contributed by atoms with Crippen LogP contribution >= 0.6 is 0 Å². The number of benzene rings is 1. The Hall–Kier alpha value is -1.39. The topological polar surface area (TPSA) is 43.8 Å². The van der Waals surface area contributed by atoms with Crippen LogP contribution in [-0.4, -0.2) is 54.1 Å². The lowest BCUT2D eigenvalue weighted by atomic mass is 9.80. The third kappa shape index (κ3) is 6.29. The number of nitrogens with zero attached hydrogens (tertiary/aromatic N) is 2. The Morgan fingerprint density at radius 1 is 0.966 bits per heavy atom. The molecule has 2 fully saturated rings. The number of hydrogen-bond donors (Lipinski definition) is 1. The zero-order valence-electron chi connectivity index (χ0n) is 18.5. The van der Waals surface area contributed by atoms with Crippen LogP contribution < -0.4 is 0 Å². The van der Waals surface area contributed by atoms with Crippen molar-refractivity contribution in [2.75, 3.05) is 27.2 Å². The van der Waals surface area contributed by atoms with Gasteiger partial charge in [0.15, 0.2) is 0 Å². The van der Waals surface area contributed by atoms with Crippen molar-refractivity contribution in [3.05, 3.63) is 35.4 Å². The van der Waals surface area contributed by atoms with E-state index >= 15 is 0 Å². The molecular formula is C25H40N2O2. The molecule has 4 nitrogen and oxygen atoms in total. The Labute approximate surface area is 177 Å². The molecule has 0 heterocycles. The molecule has 0 spiro atoms. The number of rotatable bonds is 8. The highest BCUT2D eigenvalue weighted by molar-refractivity contribution is 5.79. The molecule has 0 atom stereocenters. The van der Waals surface area contributed by atoms with Crippen LogP contribution in [0, 0.1) is 5.92 Å². The highest BCUT2D eigenvalue weighted by Crippen LogP contribution is 2.36. The van der Waals surface area contributed by atoms with Crippen LogP contribution in [0.2, 0.25) is 0 Å². The Kier molecular flexibility index (Phi) is 8.55. The first-order valence-electron chi connectivity index (χ1n) is 11.7. The van der Waals surface area contributed by atoms with Gasteiger partial charge in [-0.15, -0.1) is 0 Å². The van der Waals surface area contributed by atoms with Gasteiger partial charge in [-0.2, -0.15) is 0 Å². The minimum absolute atomic E-state index is 0.257. The highest BCUT2D eigenvalue weighted by Gasteiger charge is 2.31. The van der Waals surface area contributed by atoms with Gasteiger partial charge >= 0.3 is 0 Å². The summed E-state index contributed by atoms with van der Waals surface area (Å²) in [4.78, 5) is 17.2. The van der Waals surface area contributed by atoms with Crippen LogP contribution in [0.5, 0.6) is 0 Å². The number of hydrogen-bond acceptors (Lipinski definition) is 3. The van der Waals surface area contributed by atoms with E-state index in [1.54, 1.807) is 0 Å². The van der Waals surface area contributed by atoms with Crippen molar-refractivity contribution in [3.8, 4) is 0 Å². The van der Waals surface area contributed by atoms with Crippen molar-refractivity contribution in [1.29, 1.82) is 0 Å². The van der Waals surface area contributed by atoms with E-state index in [0.717, 1.165) is 45.2 Å². The van der Waals surface area contributed by atoms with E-state index in [1.165, 1.54) is 43.2 Å². The highest BCUT2D eigenvalue weighted by atomic mass is 16.3. The van der Waals surface area contributed by atoms with E-state index in [-0.39, 0.29) is 12.5 Å². The summed E-state index contributed by atoms with van der Waals surface area (Å²) in [5.41, 5.74) is 2.78. The smallest absolute Gasteiger partial charge is 0.225 e. The maximum atomic E-state index is 12.8. The van der Waals surface area contributed by atoms with Crippen molar-refractivity contribution >= 4 is 5.91 Å². The molecule has 0 unspecified atom stereocenters. The average molecular weight is 401 g/mol. The van der Waals surface area contributed by atoms with E-state index in [0.29, 0.717) is 17.9 Å². The molecule has 0 aliphatic heterocycles. The number of aliphatic hydroxyl groups excluding tert-OH is 1. The summed E-state index contributed by atoms with van der Waals surface area (Å²) < 4.78 is 0. The second-order valence-corrected chi connectivity index (χ2v) is 9.35. The minimum Gasteiger partial charge on any atom is -0.396 e. The van der Waals surface area contributed by atoms with E-state index in [4.69, 9.17) is 5.11 Å². The maximum absolute atomic E-state index is 12.8. The molecule has 2 aliphatic rings. The largest absolute Gasteiger partial charge is 0.396 e. The quantitative estimate of drug-likeness (QED) is 0.695. The lowest BCUT2D eigenvalue weighted by Gasteiger charge is -2.37. The molecule has 1 amide bonds. The van der Waals surface area contributed by atoms with Crippen LogP contribution in [0.3, 0.4) is 0 Å². The molecule has 4 heteroatoms. The van der Waals surface area contributed by atoms with Crippen molar-refractivity contribution in [2.45, 2.75) is 82.7 Å². The molecule has 2 saturated carbocycles. The summed E-state index contributed by atoms with van der Waals surface area (Å²) in [5.74, 6) is 1.32. The summed E-state index contributed by atoms with van der Waals surface area (Å²) in [6, 6.07) is 9.56. The average Bonchev–Trinajstić information content (AvgIpc) is 2.78. The normalized spacial score (nSPS) is 23.3. The molecule has 29 heavy (non-hydrogen) atoms. The van der Waals surface area contributed by atoms with E-state index in [1.807, 2.05) is 7.05 Å². The zero-order chi connectivity index (χ0) is 20.6. The molecule has 1 aromatic rings. The van der Waals surface area contributed by atoms with Crippen LogP contribution in [0.25, 0.3) is 0 Å². The summed E-state index contributed by atoms with van der Waals surface area (Å²) in [6.45, 7) is 2.11. The summed E-state index contributed by atoms with van der Waals surface area (Å²) in [7, 11) is 4.15. The molecule has 0 bridgehead atoms. The molecule has 2 aliphatic carbocycles. The van der Waals surface area contributed by atoms with Gasteiger partial charge in [-0.25, -0.2) is 0 Å². The Bertz CT molecular complexity index is 616. The van der Waals surface area contributed by atoms with E-state index < -0.39 is 0 Å². The van der Waals surface area contributed by atoms with Crippen molar-refractivity contribution in [3.63, 3.8) is 0 Å². The Balaban J connectivity index is 1.46. The SMILES string of the molecule is CN(CCCO)Cc1ccc([C@H]2CC[C@H](N(C)C(=O)C3CCCCC3)CC2)cc1. The number of aliphatic hydroxyl groups is 1. The number of carbonyl (C=O) groups is 1. The number of amides is 1. The summed E-state index contributed by atoms with van der Waals surface area (Å²) in [5, 5.41) is 8.96. The van der Waals surface area contributed by atoms with Gasteiger partial charge in [-0.3, -0.25) is 4.79 Å². The van der Waals surface area contributed by atoms with Gasteiger partial charge in [0, 0.05) is 38.7 Å². The fourth-order valence-electron chi connectivity index (χ4n) is 5.24. The van der Waals surface area contributed by atoms with Gasteiger partial charge in [0.05, 0.1) is 0 Å². The van der Waals surface area contributed by atoms with Gasteiger partial charge in [0.1, 0.15) is 0 Å². The van der Waals surface area contributed by atoms with Gasteiger partial charge in [-0.05, 0) is 69.0 Å². The van der Waals surface area contributed by atoms with Crippen LogP contribution in [0.1, 0.15) is 81.3 Å². The zero-order valence-corrected chi connectivity index (χ0v) is 18.5. The first-order chi connectivity index (χ1) is 14.1. The standard InChI is InChI=1S/C25H40N2O2/c1-26(17-6-18-28)19-20-9-11-21(12-10-20)22-13-15-24(16-14-22)27(2)25(29)23-7-4-3-5-8-23/h9-12,22-24,28H,3-8,13-19H2,1-2H3/t22-,24-. The van der Waals surface area contributed by atoms with Gasteiger partial charge in [-0.1, -0.05) is 43.5 Å². The molecule has 0 radical (unpaired) electrons. The van der Waals surface area contributed by atoms with Crippen LogP contribution in [-0.2, 0) is 11.3 Å². The Morgan fingerprint density at radius 2 is 1.62 bits per heavy atom. The van der Waals surface area contributed by atoms with Crippen molar-refractivity contribution in [2.24, 2.45) is 5.92 Å². The van der Waals surface area contributed by atoms with E-state index in [2.05, 4.69) is 41.1 Å². The first kappa shape index (κ1) is 22.3. The summed E-state index contributed by atoms with van der Waals surface area (Å²) in [6.07, 6.45) is 11.4. The number of carbonyl (C=O) groups excluding carboxylic acids is 1. The third-order valence-electron chi connectivity index (χ3n) is 7.15. The van der Waals surface area contributed by atoms with Crippen LogP contribution in [0.15, 0.2) is 24.3 Å². The van der Waals surface area contributed by atoms with Crippen molar-refractivity contribution < 1.29 is 9.90 Å². The van der Waals surface area contributed by atoms with Crippen LogP contribution in [0.4, 0.5) is 0 Å². The monoisotopic (exact) mass is 400 g/mol. The molecule has 1 aromatic carbocycles. The lowest BCUT2D eigenvalue weighted by molar-refractivity contribution is -0.138. The molecule has 0 saturated heterocycles. The summed E-state index contributed by atoms with van der Waals surface area (Å²) >= 11 is 0. The Morgan fingerprint density at radius 3 is 2.24 bits per heavy atom. The van der Waals surface area contributed by atoms with E-state index in [9.17, 15) is 4.79 Å². The fraction of sp³-hybridized carbons (Fsp3) is 0.720. The van der Waals surface area contributed by atoms with Gasteiger partial charge in [0.2, 0.25) is 5.91 Å². The van der Waals surface area contributed by atoms with Gasteiger partial charge in [0.25, 0.3) is 0 Å². The molecular weight excluding hydrogens is 360 g/mol. The fourth-order valence-corrected chi connectivity index (χ4v) is 5.24. The predicted octanol–water partition coefficient (Wildman–Crippen LogP) is 4.57. The minimum atomic E-state index is 0.257. The molecule has 162 valence electrons. The van der Waals surface area contributed by atoms with Gasteiger partial charge < -0.3 is 14.9 Å². The predicted molar refractivity (Wildman–Crippen MR) is 119 cm³/mol. The molecule has 1 N–H and O–H groups in total. The first-order valence-corrected chi connectivity index (χ1v) is 11.7. The third-order valence-corrected chi connectivity index (χ3v) is 7.15. The second kappa shape index (κ2) is 11.1. The lowest BCUT2D eigenvalue weighted by Crippen LogP contribution is -2.42. The maximum Gasteiger partial charge on any atom is 0.225 e. The second-order valence-electron chi connectivity index (χ2n) is 9.35. The molecule has 3 rings (SSSR count).